The van der Waals surface area contributed by atoms with E-state index in [0.717, 1.165) is 11.0 Å². The molecule has 0 unspecified atom stereocenters. The number of carbonyl (C=O) groups excluding carboxylic acids is 1. The van der Waals surface area contributed by atoms with Gasteiger partial charge in [0.2, 0.25) is 15.9 Å². The highest BCUT2D eigenvalue weighted by Gasteiger charge is 2.27. The van der Waals surface area contributed by atoms with Crippen molar-refractivity contribution in [3.05, 3.63) is 52.3 Å². The largest absolute Gasteiger partial charge is 0.341 e. The number of nitrogens with zero attached hydrogens (tertiary/aromatic N) is 3. The number of aromatic nitrogens is 2. The molecule has 0 spiro atoms. The van der Waals surface area contributed by atoms with Gasteiger partial charge in [-0.3, -0.25) is 13.9 Å². The predicted octanol–water partition coefficient (Wildman–Crippen LogP) is 1.37. The van der Waals surface area contributed by atoms with Gasteiger partial charge in [0.25, 0.3) is 0 Å². The summed E-state index contributed by atoms with van der Waals surface area (Å²) in [6, 6.07) is 10.5. The first-order valence-electron chi connectivity index (χ1n) is 9.35. The number of thiophene rings is 1. The molecule has 3 aromatic rings. The Hall–Kier alpha value is -2.43. The highest BCUT2D eigenvalue weighted by molar-refractivity contribution is 7.91. The van der Waals surface area contributed by atoms with E-state index in [-0.39, 0.29) is 24.2 Å². The summed E-state index contributed by atoms with van der Waals surface area (Å²) < 4.78 is 30.8. The molecule has 1 aliphatic heterocycles. The van der Waals surface area contributed by atoms with Crippen molar-refractivity contribution >= 4 is 38.3 Å². The summed E-state index contributed by atoms with van der Waals surface area (Å²) in [6.45, 7) is 0.887. The molecular weight excluding hydrogens is 412 g/mol. The molecule has 154 valence electrons. The van der Waals surface area contributed by atoms with Gasteiger partial charge >= 0.3 is 5.69 Å². The number of piperidine rings is 1. The van der Waals surface area contributed by atoms with Crippen molar-refractivity contribution in [2.75, 3.05) is 13.1 Å². The number of aryl methyl sites for hydroxylation is 1. The highest BCUT2D eigenvalue weighted by atomic mass is 32.2. The molecule has 10 heteroatoms. The third kappa shape index (κ3) is 3.87. The van der Waals surface area contributed by atoms with Crippen molar-refractivity contribution in [2.24, 2.45) is 7.05 Å². The Morgan fingerprint density at radius 3 is 2.48 bits per heavy atom. The summed E-state index contributed by atoms with van der Waals surface area (Å²) >= 11 is 1.18. The van der Waals surface area contributed by atoms with Crippen LogP contribution in [0.3, 0.4) is 0 Å². The van der Waals surface area contributed by atoms with Gasteiger partial charge in [-0.05, 0) is 36.4 Å². The van der Waals surface area contributed by atoms with E-state index in [1.54, 1.807) is 29.5 Å². The van der Waals surface area contributed by atoms with Crippen molar-refractivity contribution in [2.45, 2.75) is 29.6 Å². The Morgan fingerprint density at radius 1 is 1.14 bits per heavy atom. The van der Waals surface area contributed by atoms with Crippen LogP contribution in [0.1, 0.15) is 12.8 Å². The van der Waals surface area contributed by atoms with Crippen LogP contribution in [0, 0.1) is 0 Å². The maximum atomic E-state index is 12.8. The normalized spacial score (nSPS) is 15.8. The molecule has 1 aliphatic rings. The molecule has 1 aromatic carbocycles. The number of rotatable bonds is 5. The fourth-order valence-corrected chi connectivity index (χ4v) is 6.01. The van der Waals surface area contributed by atoms with Crippen molar-refractivity contribution in [1.29, 1.82) is 0 Å². The zero-order chi connectivity index (χ0) is 20.6. The van der Waals surface area contributed by atoms with Crippen LogP contribution in [0.4, 0.5) is 0 Å². The average Bonchev–Trinajstić information content (AvgIpc) is 3.33. The van der Waals surface area contributed by atoms with Crippen LogP contribution in [0.2, 0.25) is 0 Å². The molecule has 1 amide bonds. The lowest BCUT2D eigenvalue weighted by Gasteiger charge is -2.32. The molecule has 29 heavy (non-hydrogen) atoms. The number of hydrogen-bond donors (Lipinski definition) is 1. The van der Waals surface area contributed by atoms with E-state index >= 15 is 0 Å². The lowest BCUT2D eigenvalue weighted by Crippen LogP contribution is -2.47. The standard InChI is InChI=1S/C19H22N4O4S2/c1-21-15-5-2-3-6-16(15)23(19(21)25)13-17(24)22-10-8-14(9-11-22)20-29(26,27)18-7-4-12-28-18/h2-7,12,14,20H,8-11,13H2,1H3. The van der Waals surface area contributed by atoms with Crippen molar-refractivity contribution in [1.82, 2.24) is 18.8 Å². The number of likely N-dealkylation sites (tertiary alicyclic amines) is 1. The molecule has 1 fully saturated rings. The Bertz CT molecular complexity index is 1190. The third-order valence-corrected chi connectivity index (χ3v) is 8.19. The fourth-order valence-electron chi connectivity index (χ4n) is 3.69. The molecule has 0 atom stereocenters. The Morgan fingerprint density at radius 2 is 1.83 bits per heavy atom. The number of nitrogens with one attached hydrogen (secondary N) is 1. The van der Waals surface area contributed by atoms with E-state index in [0.29, 0.717) is 30.1 Å². The van der Waals surface area contributed by atoms with Gasteiger partial charge in [0, 0.05) is 26.2 Å². The molecule has 0 radical (unpaired) electrons. The second-order valence-corrected chi connectivity index (χ2v) is 10.0. The minimum atomic E-state index is -3.51. The van der Waals surface area contributed by atoms with Gasteiger partial charge in [0.1, 0.15) is 10.8 Å². The van der Waals surface area contributed by atoms with Gasteiger partial charge in [0.15, 0.2) is 0 Å². The second-order valence-electron chi connectivity index (χ2n) is 7.12. The third-order valence-electron chi connectivity index (χ3n) is 5.27. The molecule has 1 saturated heterocycles. The Balaban J connectivity index is 1.40. The Kier molecular flexibility index (Phi) is 5.32. The summed E-state index contributed by atoms with van der Waals surface area (Å²) in [5.41, 5.74) is 1.29. The van der Waals surface area contributed by atoms with Crippen LogP contribution in [-0.2, 0) is 28.4 Å². The van der Waals surface area contributed by atoms with Crippen LogP contribution in [0.25, 0.3) is 11.0 Å². The molecule has 0 saturated carbocycles. The van der Waals surface area contributed by atoms with E-state index < -0.39 is 10.0 Å². The van der Waals surface area contributed by atoms with Gasteiger partial charge in [-0.25, -0.2) is 17.9 Å². The van der Waals surface area contributed by atoms with Gasteiger partial charge in [0.05, 0.1) is 11.0 Å². The van der Waals surface area contributed by atoms with Crippen molar-refractivity contribution < 1.29 is 13.2 Å². The highest BCUT2D eigenvalue weighted by Crippen LogP contribution is 2.19. The van der Waals surface area contributed by atoms with E-state index in [1.165, 1.54) is 20.5 Å². The van der Waals surface area contributed by atoms with E-state index in [2.05, 4.69) is 4.72 Å². The van der Waals surface area contributed by atoms with Crippen LogP contribution in [0.15, 0.2) is 50.8 Å². The summed E-state index contributed by atoms with van der Waals surface area (Å²) in [4.78, 5) is 27.0. The first kappa shape index (κ1) is 19.9. The molecule has 0 aliphatic carbocycles. The van der Waals surface area contributed by atoms with Gasteiger partial charge in [-0.15, -0.1) is 11.3 Å². The maximum Gasteiger partial charge on any atom is 0.329 e. The zero-order valence-corrected chi connectivity index (χ0v) is 17.6. The number of fused-ring (bicyclic) bond motifs is 1. The number of carbonyl (C=O) groups is 1. The van der Waals surface area contributed by atoms with Gasteiger partial charge in [-0.1, -0.05) is 18.2 Å². The molecule has 0 bridgehead atoms. The van der Waals surface area contributed by atoms with Crippen LogP contribution >= 0.6 is 11.3 Å². The number of amides is 1. The number of hydrogen-bond acceptors (Lipinski definition) is 5. The van der Waals surface area contributed by atoms with E-state index in [4.69, 9.17) is 0 Å². The summed E-state index contributed by atoms with van der Waals surface area (Å²) in [5.74, 6) is -0.136. The minimum absolute atomic E-state index is 0.0220. The van der Waals surface area contributed by atoms with E-state index in [9.17, 15) is 18.0 Å². The van der Waals surface area contributed by atoms with Crippen molar-refractivity contribution in [3.63, 3.8) is 0 Å². The number of benzene rings is 1. The number of para-hydroxylation sites is 2. The van der Waals surface area contributed by atoms with Crippen LogP contribution < -0.4 is 10.4 Å². The topological polar surface area (TPSA) is 93.4 Å². The van der Waals surface area contributed by atoms with E-state index in [1.807, 2.05) is 24.3 Å². The molecular formula is C19H22N4O4S2. The first-order valence-corrected chi connectivity index (χ1v) is 11.7. The minimum Gasteiger partial charge on any atom is -0.341 e. The smallest absolute Gasteiger partial charge is 0.329 e. The van der Waals surface area contributed by atoms with Crippen LogP contribution in [-0.4, -0.2) is 47.5 Å². The summed E-state index contributed by atoms with van der Waals surface area (Å²) in [7, 11) is -1.82. The second kappa shape index (κ2) is 7.77. The van der Waals surface area contributed by atoms with Gasteiger partial charge < -0.3 is 4.90 Å². The van der Waals surface area contributed by atoms with Crippen LogP contribution in [0.5, 0.6) is 0 Å². The molecule has 3 heterocycles. The first-order chi connectivity index (χ1) is 13.9. The number of sulfonamides is 1. The maximum absolute atomic E-state index is 12.8. The Labute approximate surface area is 172 Å². The molecule has 8 nitrogen and oxygen atoms in total. The SMILES string of the molecule is Cn1c(=O)n(CC(=O)N2CCC(NS(=O)(=O)c3cccs3)CC2)c2ccccc21. The molecule has 2 aromatic heterocycles. The average molecular weight is 435 g/mol. The molecule has 1 N–H and O–H groups in total. The number of imidazole rings is 1. The lowest BCUT2D eigenvalue weighted by atomic mass is 10.1. The van der Waals surface area contributed by atoms with Gasteiger partial charge in [-0.2, -0.15) is 0 Å². The quantitative estimate of drug-likeness (QED) is 0.656. The summed E-state index contributed by atoms with van der Waals surface area (Å²) in [6.07, 6.45) is 1.08. The zero-order valence-electron chi connectivity index (χ0n) is 15.9. The predicted molar refractivity (Wildman–Crippen MR) is 111 cm³/mol. The molecule has 4 rings (SSSR count). The van der Waals surface area contributed by atoms with Crippen molar-refractivity contribution in [3.8, 4) is 0 Å². The monoisotopic (exact) mass is 434 g/mol. The lowest BCUT2D eigenvalue weighted by molar-refractivity contribution is -0.132. The fraction of sp³-hybridized carbons (Fsp3) is 0.368. The summed E-state index contributed by atoms with van der Waals surface area (Å²) in [5, 5.41) is 1.73.